The van der Waals surface area contributed by atoms with E-state index >= 15 is 0 Å². The zero-order chi connectivity index (χ0) is 13.7. The minimum Gasteiger partial charge on any atom is -0.340 e. The van der Waals surface area contributed by atoms with E-state index < -0.39 is 17.7 Å². The number of halogens is 2. The number of amides is 1. The van der Waals surface area contributed by atoms with Gasteiger partial charge in [-0.05, 0) is 24.1 Å². The smallest absolute Gasteiger partial charge is 0.239 e. The lowest BCUT2D eigenvalue weighted by atomic mass is 10.1. The molecule has 0 bridgehead atoms. The van der Waals surface area contributed by atoms with Gasteiger partial charge in [-0.15, -0.1) is 0 Å². The Labute approximate surface area is 106 Å². The fraction of sp³-hybridized carbons (Fsp3) is 0.462. The van der Waals surface area contributed by atoms with Crippen LogP contribution in [0.15, 0.2) is 18.2 Å². The van der Waals surface area contributed by atoms with E-state index in [-0.39, 0.29) is 12.5 Å². The molecule has 2 N–H and O–H groups in total. The van der Waals surface area contributed by atoms with E-state index in [1.165, 1.54) is 11.0 Å². The molecule has 0 spiro atoms. The summed E-state index contributed by atoms with van der Waals surface area (Å²) in [5.74, 6) is -2.00. The molecule has 0 fully saturated rings. The summed E-state index contributed by atoms with van der Waals surface area (Å²) in [5.41, 5.74) is 6.25. The molecule has 1 aromatic rings. The number of hydrogen-bond acceptors (Lipinski definition) is 2. The fourth-order valence-electron chi connectivity index (χ4n) is 1.71. The molecule has 0 saturated carbocycles. The van der Waals surface area contributed by atoms with Crippen molar-refractivity contribution in [3.63, 3.8) is 0 Å². The Morgan fingerprint density at radius 3 is 2.61 bits per heavy atom. The first kappa shape index (κ1) is 14.6. The average Bonchev–Trinajstić information content (AvgIpc) is 2.33. The van der Waals surface area contributed by atoms with Crippen LogP contribution in [0.25, 0.3) is 0 Å². The first-order chi connectivity index (χ1) is 8.45. The summed E-state index contributed by atoms with van der Waals surface area (Å²) in [6, 6.07) is 3.05. The molecule has 0 aromatic heterocycles. The van der Waals surface area contributed by atoms with Crippen molar-refractivity contribution < 1.29 is 13.6 Å². The Morgan fingerprint density at radius 2 is 2.06 bits per heavy atom. The first-order valence-corrected chi connectivity index (χ1v) is 5.90. The normalized spacial score (nSPS) is 12.3. The number of rotatable bonds is 5. The molecule has 0 unspecified atom stereocenters. The lowest BCUT2D eigenvalue weighted by Crippen LogP contribution is -2.41. The number of hydrogen-bond donors (Lipinski definition) is 1. The molecular formula is C13H18F2N2O. The van der Waals surface area contributed by atoms with Gasteiger partial charge in [0.05, 0.1) is 6.04 Å². The van der Waals surface area contributed by atoms with Gasteiger partial charge in [-0.25, -0.2) is 8.78 Å². The maximum absolute atomic E-state index is 13.0. The Kier molecular flexibility index (Phi) is 5.22. The zero-order valence-electron chi connectivity index (χ0n) is 10.6. The molecule has 0 saturated heterocycles. The Hall–Kier alpha value is -1.49. The third kappa shape index (κ3) is 3.77. The Morgan fingerprint density at radius 1 is 1.39 bits per heavy atom. The molecule has 1 rings (SSSR count). The lowest BCUT2D eigenvalue weighted by molar-refractivity contribution is -0.132. The summed E-state index contributed by atoms with van der Waals surface area (Å²) in [4.78, 5) is 13.2. The monoisotopic (exact) mass is 256 g/mol. The van der Waals surface area contributed by atoms with Crippen molar-refractivity contribution in [2.45, 2.75) is 32.4 Å². The summed E-state index contributed by atoms with van der Waals surface area (Å²) in [6.07, 6.45) is 1.44. The first-order valence-electron chi connectivity index (χ1n) is 5.90. The van der Waals surface area contributed by atoms with Crippen molar-refractivity contribution in [1.29, 1.82) is 0 Å². The predicted octanol–water partition coefficient (Wildman–Crippen LogP) is 2.05. The van der Waals surface area contributed by atoms with Crippen LogP contribution in [0.2, 0.25) is 0 Å². The maximum Gasteiger partial charge on any atom is 0.239 e. The van der Waals surface area contributed by atoms with Crippen LogP contribution in [-0.2, 0) is 11.3 Å². The molecule has 0 radical (unpaired) electrons. The second-order valence-electron chi connectivity index (χ2n) is 4.34. The van der Waals surface area contributed by atoms with E-state index in [4.69, 9.17) is 5.73 Å². The largest absolute Gasteiger partial charge is 0.340 e. The summed E-state index contributed by atoms with van der Waals surface area (Å²) in [7, 11) is 1.60. The zero-order valence-corrected chi connectivity index (χ0v) is 10.6. The molecule has 0 heterocycles. The van der Waals surface area contributed by atoms with Gasteiger partial charge in [0.1, 0.15) is 0 Å². The van der Waals surface area contributed by atoms with Crippen molar-refractivity contribution in [3.05, 3.63) is 35.4 Å². The summed E-state index contributed by atoms with van der Waals surface area (Å²) >= 11 is 0. The molecule has 18 heavy (non-hydrogen) atoms. The van der Waals surface area contributed by atoms with Crippen LogP contribution in [0.1, 0.15) is 25.3 Å². The van der Waals surface area contributed by atoms with Crippen molar-refractivity contribution >= 4 is 5.91 Å². The number of nitrogens with zero attached hydrogens (tertiary/aromatic N) is 1. The van der Waals surface area contributed by atoms with E-state index in [1.807, 2.05) is 6.92 Å². The number of benzene rings is 1. The van der Waals surface area contributed by atoms with Crippen LogP contribution in [0, 0.1) is 11.6 Å². The van der Waals surface area contributed by atoms with Crippen LogP contribution in [-0.4, -0.2) is 23.9 Å². The molecule has 3 nitrogen and oxygen atoms in total. The Balaban J connectivity index is 2.66. The third-order valence-electron chi connectivity index (χ3n) is 2.70. The highest BCUT2D eigenvalue weighted by Gasteiger charge is 2.17. The second-order valence-corrected chi connectivity index (χ2v) is 4.34. The van der Waals surface area contributed by atoms with E-state index in [0.29, 0.717) is 12.0 Å². The average molecular weight is 256 g/mol. The van der Waals surface area contributed by atoms with Crippen LogP contribution >= 0.6 is 0 Å². The van der Waals surface area contributed by atoms with E-state index in [9.17, 15) is 13.6 Å². The quantitative estimate of drug-likeness (QED) is 0.876. The number of likely N-dealkylation sites (N-methyl/N-ethyl adjacent to an activating group) is 1. The summed E-state index contributed by atoms with van der Waals surface area (Å²) in [6.45, 7) is 2.16. The minimum absolute atomic E-state index is 0.193. The molecule has 1 atom stereocenters. The molecule has 1 aromatic carbocycles. The van der Waals surface area contributed by atoms with Gasteiger partial charge in [0.15, 0.2) is 11.6 Å². The van der Waals surface area contributed by atoms with Crippen LogP contribution < -0.4 is 5.73 Å². The van der Waals surface area contributed by atoms with Gasteiger partial charge in [0.2, 0.25) is 5.91 Å². The van der Waals surface area contributed by atoms with Gasteiger partial charge in [-0.2, -0.15) is 0 Å². The lowest BCUT2D eigenvalue weighted by Gasteiger charge is -2.21. The van der Waals surface area contributed by atoms with Crippen molar-refractivity contribution in [2.75, 3.05) is 7.05 Å². The van der Waals surface area contributed by atoms with Crippen LogP contribution in [0.3, 0.4) is 0 Å². The van der Waals surface area contributed by atoms with Crippen molar-refractivity contribution in [2.24, 2.45) is 5.73 Å². The fourth-order valence-corrected chi connectivity index (χ4v) is 1.71. The second kappa shape index (κ2) is 6.44. The van der Waals surface area contributed by atoms with E-state index in [2.05, 4.69) is 0 Å². The highest BCUT2D eigenvalue weighted by molar-refractivity contribution is 5.81. The van der Waals surface area contributed by atoms with Gasteiger partial charge in [0, 0.05) is 13.6 Å². The molecular weight excluding hydrogens is 238 g/mol. The predicted molar refractivity (Wildman–Crippen MR) is 65.7 cm³/mol. The van der Waals surface area contributed by atoms with Crippen molar-refractivity contribution in [3.8, 4) is 0 Å². The molecule has 5 heteroatoms. The highest BCUT2D eigenvalue weighted by atomic mass is 19.2. The van der Waals surface area contributed by atoms with Gasteiger partial charge in [-0.1, -0.05) is 19.4 Å². The summed E-state index contributed by atoms with van der Waals surface area (Å²) in [5, 5.41) is 0. The topological polar surface area (TPSA) is 46.3 Å². The molecule has 100 valence electrons. The summed E-state index contributed by atoms with van der Waals surface area (Å²) < 4.78 is 25.8. The molecule has 0 aliphatic rings. The molecule has 0 aliphatic heterocycles. The van der Waals surface area contributed by atoms with Crippen molar-refractivity contribution in [1.82, 2.24) is 4.90 Å². The van der Waals surface area contributed by atoms with Gasteiger partial charge in [-0.3, -0.25) is 4.79 Å². The number of carbonyl (C=O) groups excluding carboxylic acids is 1. The maximum atomic E-state index is 13.0. The molecule has 0 aliphatic carbocycles. The SMILES string of the molecule is CCC[C@@H](N)C(=O)N(C)Cc1ccc(F)c(F)c1. The van der Waals surface area contributed by atoms with Gasteiger partial charge in [0.25, 0.3) is 0 Å². The Bertz CT molecular complexity index is 423. The van der Waals surface area contributed by atoms with E-state index in [0.717, 1.165) is 18.6 Å². The van der Waals surface area contributed by atoms with Gasteiger partial charge >= 0.3 is 0 Å². The minimum atomic E-state index is -0.911. The van der Waals surface area contributed by atoms with Gasteiger partial charge < -0.3 is 10.6 Å². The number of carbonyl (C=O) groups is 1. The van der Waals surface area contributed by atoms with Crippen LogP contribution in [0.4, 0.5) is 8.78 Å². The van der Waals surface area contributed by atoms with Crippen LogP contribution in [0.5, 0.6) is 0 Å². The third-order valence-corrected chi connectivity index (χ3v) is 2.70. The van der Waals surface area contributed by atoms with E-state index in [1.54, 1.807) is 7.05 Å². The number of nitrogens with two attached hydrogens (primary N) is 1. The highest BCUT2D eigenvalue weighted by Crippen LogP contribution is 2.11. The standard InChI is InChI=1S/C13H18F2N2O/c1-3-4-12(16)13(18)17(2)8-9-5-6-10(14)11(15)7-9/h5-7,12H,3-4,8,16H2,1-2H3/t12-/m1/s1. The molecule has 1 amide bonds.